The van der Waals surface area contributed by atoms with Crippen LogP contribution in [0.5, 0.6) is 0 Å². The van der Waals surface area contributed by atoms with Crippen LogP contribution in [-0.2, 0) is 4.74 Å². The summed E-state index contributed by atoms with van der Waals surface area (Å²) in [5, 5.41) is 2.82. The summed E-state index contributed by atoms with van der Waals surface area (Å²) in [5.74, 6) is -0.613. The Morgan fingerprint density at radius 3 is 3.10 bits per heavy atom. The van der Waals surface area contributed by atoms with E-state index in [0.717, 1.165) is 18.4 Å². The molecule has 1 aliphatic carbocycles. The first-order chi connectivity index (χ1) is 9.58. The van der Waals surface area contributed by atoms with E-state index >= 15 is 0 Å². The standard InChI is InChI=1S/C15H19FN2O2/c1-8-4-5-11(16)10(7-8)15(19)18-13-12(17)9-3-2-6-20-14(9)13/h4-5,7,9,12-14H,2-3,6,17H2,1H3,(H,18,19). The predicted molar refractivity (Wildman–Crippen MR) is 72.8 cm³/mol. The van der Waals surface area contributed by atoms with Gasteiger partial charge in [0.1, 0.15) is 5.82 Å². The van der Waals surface area contributed by atoms with E-state index in [1.807, 2.05) is 6.92 Å². The fourth-order valence-electron chi connectivity index (χ4n) is 3.17. The summed E-state index contributed by atoms with van der Waals surface area (Å²) in [5.41, 5.74) is 7.00. The first kappa shape index (κ1) is 13.5. The Bertz CT molecular complexity index is 535. The average Bonchev–Trinajstić information content (AvgIpc) is 2.46. The Morgan fingerprint density at radius 2 is 2.30 bits per heavy atom. The summed E-state index contributed by atoms with van der Waals surface area (Å²) in [6, 6.07) is 4.19. The van der Waals surface area contributed by atoms with Gasteiger partial charge in [0, 0.05) is 18.6 Å². The van der Waals surface area contributed by atoms with E-state index < -0.39 is 11.7 Å². The first-order valence-corrected chi connectivity index (χ1v) is 7.02. The highest BCUT2D eigenvalue weighted by atomic mass is 19.1. The van der Waals surface area contributed by atoms with E-state index in [4.69, 9.17) is 10.5 Å². The van der Waals surface area contributed by atoms with Gasteiger partial charge in [0.2, 0.25) is 0 Å². The zero-order chi connectivity index (χ0) is 14.3. The van der Waals surface area contributed by atoms with Crippen LogP contribution in [0.1, 0.15) is 28.8 Å². The maximum absolute atomic E-state index is 13.7. The number of aryl methyl sites for hydroxylation is 1. The van der Waals surface area contributed by atoms with Crippen LogP contribution in [0.15, 0.2) is 18.2 Å². The highest BCUT2D eigenvalue weighted by molar-refractivity contribution is 5.95. The van der Waals surface area contributed by atoms with Crippen LogP contribution in [0.4, 0.5) is 4.39 Å². The van der Waals surface area contributed by atoms with E-state index in [1.165, 1.54) is 6.07 Å². The lowest BCUT2D eigenvalue weighted by Gasteiger charge is -2.52. The van der Waals surface area contributed by atoms with Gasteiger partial charge in [0.25, 0.3) is 5.91 Å². The number of rotatable bonds is 2. The molecule has 108 valence electrons. The number of hydrogen-bond acceptors (Lipinski definition) is 3. The largest absolute Gasteiger partial charge is 0.376 e. The molecule has 2 fully saturated rings. The van der Waals surface area contributed by atoms with Gasteiger partial charge >= 0.3 is 0 Å². The molecular formula is C15H19FN2O2. The van der Waals surface area contributed by atoms with Crippen molar-refractivity contribution in [2.45, 2.75) is 38.0 Å². The lowest BCUT2D eigenvalue weighted by Crippen LogP contribution is -2.72. The number of halogens is 1. The van der Waals surface area contributed by atoms with Crippen molar-refractivity contribution in [1.29, 1.82) is 0 Å². The molecule has 4 atom stereocenters. The quantitative estimate of drug-likeness (QED) is 0.858. The Hall–Kier alpha value is -1.46. The van der Waals surface area contributed by atoms with Crippen molar-refractivity contribution >= 4 is 5.91 Å². The Morgan fingerprint density at radius 1 is 1.50 bits per heavy atom. The molecule has 4 unspecified atom stereocenters. The molecule has 3 rings (SSSR count). The third kappa shape index (κ3) is 2.21. The second-order valence-corrected chi connectivity index (χ2v) is 5.70. The van der Waals surface area contributed by atoms with Crippen molar-refractivity contribution < 1.29 is 13.9 Å². The molecule has 5 heteroatoms. The van der Waals surface area contributed by atoms with E-state index in [-0.39, 0.29) is 23.8 Å². The number of carbonyl (C=O) groups is 1. The Kier molecular flexibility index (Phi) is 3.48. The van der Waals surface area contributed by atoms with E-state index in [9.17, 15) is 9.18 Å². The summed E-state index contributed by atoms with van der Waals surface area (Å²) in [6.07, 6.45) is 2.04. The van der Waals surface area contributed by atoms with Gasteiger partial charge in [0.05, 0.1) is 17.7 Å². The number of carbonyl (C=O) groups excluding carboxylic acids is 1. The summed E-state index contributed by atoms with van der Waals surface area (Å²) in [7, 11) is 0. The van der Waals surface area contributed by atoms with Crippen LogP contribution >= 0.6 is 0 Å². The third-order valence-electron chi connectivity index (χ3n) is 4.34. The Labute approximate surface area is 117 Å². The second-order valence-electron chi connectivity index (χ2n) is 5.70. The van der Waals surface area contributed by atoms with Crippen LogP contribution in [0.3, 0.4) is 0 Å². The molecule has 1 aromatic carbocycles. The molecule has 1 saturated carbocycles. The molecule has 20 heavy (non-hydrogen) atoms. The first-order valence-electron chi connectivity index (χ1n) is 7.02. The van der Waals surface area contributed by atoms with Gasteiger partial charge in [-0.2, -0.15) is 0 Å². The topological polar surface area (TPSA) is 64.4 Å². The molecule has 0 bridgehead atoms. The number of amides is 1. The van der Waals surface area contributed by atoms with Crippen LogP contribution < -0.4 is 11.1 Å². The maximum atomic E-state index is 13.7. The lowest BCUT2D eigenvalue weighted by molar-refractivity contribution is -0.117. The van der Waals surface area contributed by atoms with Gasteiger partial charge < -0.3 is 15.8 Å². The van der Waals surface area contributed by atoms with Crippen molar-refractivity contribution in [3.8, 4) is 0 Å². The number of nitrogens with one attached hydrogen (secondary N) is 1. The van der Waals surface area contributed by atoms with Crippen molar-refractivity contribution in [3.63, 3.8) is 0 Å². The maximum Gasteiger partial charge on any atom is 0.254 e. The van der Waals surface area contributed by atoms with Gasteiger partial charge in [-0.25, -0.2) is 4.39 Å². The minimum absolute atomic E-state index is 0.0180. The van der Waals surface area contributed by atoms with E-state index in [2.05, 4.69) is 5.32 Å². The summed E-state index contributed by atoms with van der Waals surface area (Å²) in [4.78, 5) is 12.2. The fraction of sp³-hybridized carbons (Fsp3) is 0.533. The van der Waals surface area contributed by atoms with Crippen molar-refractivity contribution in [2.24, 2.45) is 11.7 Å². The molecular weight excluding hydrogens is 259 g/mol. The Balaban J connectivity index is 1.71. The average molecular weight is 278 g/mol. The van der Waals surface area contributed by atoms with Gasteiger partial charge in [-0.15, -0.1) is 0 Å². The lowest BCUT2D eigenvalue weighted by atomic mass is 9.68. The highest BCUT2D eigenvalue weighted by Gasteiger charge is 2.51. The zero-order valence-corrected chi connectivity index (χ0v) is 11.4. The fourth-order valence-corrected chi connectivity index (χ4v) is 3.17. The molecule has 1 heterocycles. The minimum atomic E-state index is -0.512. The number of ether oxygens (including phenoxy) is 1. The predicted octanol–water partition coefficient (Wildman–Crippen LogP) is 1.37. The SMILES string of the molecule is Cc1ccc(F)c(C(=O)NC2C(N)C3CCCOC32)c1. The van der Waals surface area contributed by atoms with Crippen molar-refractivity contribution in [3.05, 3.63) is 35.1 Å². The van der Waals surface area contributed by atoms with Crippen LogP contribution in [0.2, 0.25) is 0 Å². The van der Waals surface area contributed by atoms with Crippen LogP contribution in [0, 0.1) is 18.7 Å². The summed E-state index contributed by atoms with van der Waals surface area (Å²) >= 11 is 0. The van der Waals surface area contributed by atoms with Gasteiger partial charge in [0.15, 0.2) is 0 Å². The van der Waals surface area contributed by atoms with Crippen molar-refractivity contribution in [1.82, 2.24) is 5.32 Å². The normalized spacial score (nSPS) is 32.1. The molecule has 1 amide bonds. The van der Waals surface area contributed by atoms with E-state index in [1.54, 1.807) is 12.1 Å². The van der Waals surface area contributed by atoms with Crippen LogP contribution in [-0.4, -0.2) is 30.7 Å². The molecule has 1 saturated heterocycles. The molecule has 4 nitrogen and oxygen atoms in total. The molecule has 0 spiro atoms. The monoisotopic (exact) mass is 278 g/mol. The number of hydrogen-bond donors (Lipinski definition) is 2. The number of benzene rings is 1. The van der Waals surface area contributed by atoms with Crippen molar-refractivity contribution in [2.75, 3.05) is 6.61 Å². The zero-order valence-electron chi connectivity index (χ0n) is 11.4. The molecule has 3 N–H and O–H groups in total. The number of nitrogens with two attached hydrogens (primary N) is 1. The molecule has 0 aromatic heterocycles. The highest BCUT2D eigenvalue weighted by Crippen LogP contribution is 2.37. The summed E-state index contributed by atoms with van der Waals surface area (Å²) < 4.78 is 19.4. The summed E-state index contributed by atoms with van der Waals surface area (Å²) in [6.45, 7) is 2.53. The van der Waals surface area contributed by atoms with Gasteiger partial charge in [-0.05, 0) is 31.9 Å². The molecule has 1 aliphatic heterocycles. The number of fused-ring (bicyclic) bond motifs is 1. The molecule has 0 radical (unpaired) electrons. The van der Waals surface area contributed by atoms with Crippen LogP contribution in [0.25, 0.3) is 0 Å². The molecule has 1 aromatic rings. The minimum Gasteiger partial charge on any atom is -0.376 e. The second kappa shape index (κ2) is 5.14. The van der Waals surface area contributed by atoms with Gasteiger partial charge in [-0.3, -0.25) is 4.79 Å². The smallest absolute Gasteiger partial charge is 0.254 e. The van der Waals surface area contributed by atoms with E-state index in [0.29, 0.717) is 12.5 Å². The third-order valence-corrected chi connectivity index (χ3v) is 4.34. The van der Waals surface area contributed by atoms with Gasteiger partial charge in [-0.1, -0.05) is 11.6 Å². The molecule has 2 aliphatic rings.